The first-order valence-corrected chi connectivity index (χ1v) is 7.90. The van der Waals surface area contributed by atoms with Crippen molar-refractivity contribution in [3.63, 3.8) is 0 Å². The molecule has 0 amide bonds. The standard InChI is InChI=1S/C14H18BrN5O/c1-10(7-19-5-4-16-9-19)18-12-6-17-20(8-11-2-3-11)14(21)13(12)15/h4-6,9-11,18H,2-3,7-8H2,1H3. The number of hydrogen-bond acceptors (Lipinski definition) is 4. The van der Waals surface area contributed by atoms with Crippen molar-refractivity contribution in [3.8, 4) is 0 Å². The van der Waals surface area contributed by atoms with E-state index in [1.54, 1.807) is 23.4 Å². The van der Waals surface area contributed by atoms with Crippen LogP contribution in [0.3, 0.4) is 0 Å². The van der Waals surface area contributed by atoms with Crippen LogP contribution in [0.4, 0.5) is 5.69 Å². The van der Waals surface area contributed by atoms with Gasteiger partial charge in [0.05, 0.1) is 18.2 Å². The maximum atomic E-state index is 12.2. The van der Waals surface area contributed by atoms with Crippen LogP contribution in [0, 0.1) is 5.92 Å². The Morgan fingerprint density at radius 3 is 3.00 bits per heavy atom. The summed E-state index contributed by atoms with van der Waals surface area (Å²) in [5.74, 6) is 0.626. The highest BCUT2D eigenvalue weighted by atomic mass is 79.9. The van der Waals surface area contributed by atoms with Gasteiger partial charge in [-0.1, -0.05) is 0 Å². The van der Waals surface area contributed by atoms with Crippen molar-refractivity contribution in [1.82, 2.24) is 19.3 Å². The zero-order valence-corrected chi connectivity index (χ0v) is 13.5. The van der Waals surface area contributed by atoms with Crippen LogP contribution in [0.5, 0.6) is 0 Å². The Labute approximate surface area is 131 Å². The van der Waals surface area contributed by atoms with Crippen LogP contribution < -0.4 is 10.9 Å². The minimum Gasteiger partial charge on any atom is -0.378 e. The third kappa shape index (κ3) is 3.53. The van der Waals surface area contributed by atoms with Crippen molar-refractivity contribution in [2.45, 2.75) is 38.9 Å². The Bertz CT molecular complexity index is 662. The topological polar surface area (TPSA) is 64.7 Å². The number of nitrogens with one attached hydrogen (secondary N) is 1. The summed E-state index contributed by atoms with van der Waals surface area (Å²) >= 11 is 3.39. The Kier molecular flexibility index (Phi) is 4.10. The van der Waals surface area contributed by atoms with Gasteiger partial charge in [0.25, 0.3) is 5.56 Å². The number of aromatic nitrogens is 4. The van der Waals surface area contributed by atoms with Crippen molar-refractivity contribution in [2.24, 2.45) is 5.92 Å². The van der Waals surface area contributed by atoms with E-state index in [0.717, 1.165) is 18.8 Å². The summed E-state index contributed by atoms with van der Waals surface area (Å²) in [6.07, 6.45) is 9.57. The first-order chi connectivity index (χ1) is 10.1. The van der Waals surface area contributed by atoms with Crippen LogP contribution in [-0.4, -0.2) is 25.4 Å². The van der Waals surface area contributed by atoms with Gasteiger partial charge in [0.2, 0.25) is 0 Å². The summed E-state index contributed by atoms with van der Waals surface area (Å²) in [6.45, 7) is 3.56. The highest BCUT2D eigenvalue weighted by molar-refractivity contribution is 9.10. The summed E-state index contributed by atoms with van der Waals surface area (Å²) < 4.78 is 4.09. The SMILES string of the molecule is CC(Cn1ccnc1)Nc1cnn(CC2CC2)c(=O)c1Br. The van der Waals surface area contributed by atoms with Gasteiger partial charge in [-0.3, -0.25) is 4.79 Å². The maximum absolute atomic E-state index is 12.2. The van der Waals surface area contributed by atoms with E-state index in [2.05, 4.69) is 38.3 Å². The highest BCUT2D eigenvalue weighted by Crippen LogP contribution is 2.30. The highest BCUT2D eigenvalue weighted by Gasteiger charge is 2.23. The Morgan fingerprint density at radius 1 is 1.52 bits per heavy atom. The van der Waals surface area contributed by atoms with E-state index in [1.807, 2.05) is 10.8 Å². The number of rotatable bonds is 6. The molecular weight excluding hydrogens is 334 g/mol. The van der Waals surface area contributed by atoms with Crippen molar-refractivity contribution in [3.05, 3.63) is 39.7 Å². The largest absolute Gasteiger partial charge is 0.378 e. The van der Waals surface area contributed by atoms with Gasteiger partial charge in [-0.2, -0.15) is 5.10 Å². The normalized spacial score (nSPS) is 15.9. The predicted octanol–water partition coefficient (Wildman–Crippen LogP) is 2.11. The molecule has 0 spiro atoms. The fourth-order valence-electron chi connectivity index (χ4n) is 2.26. The molecule has 112 valence electrons. The molecule has 0 saturated heterocycles. The average Bonchev–Trinajstić information content (AvgIpc) is 3.13. The van der Waals surface area contributed by atoms with Gasteiger partial charge in [-0.25, -0.2) is 9.67 Å². The lowest BCUT2D eigenvalue weighted by Crippen LogP contribution is -2.28. The minimum atomic E-state index is -0.0678. The molecule has 1 N–H and O–H groups in total. The minimum absolute atomic E-state index is 0.0678. The Balaban J connectivity index is 1.70. The fraction of sp³-hybridized carbons (Fsp3) is 0.500. The van der Waals surface area contributed by atoms with E-state index in [-0.39, 0.29) is 11.6 Å². The first-order valence-electron chi connectivity index (χ1n) is 7.11. The number of imidazole rings is 1. The molecule has 1 saturated carbocycles. The number of hydrogen-bond donors (Lipinski definition) is 1. The lowest BCUT2D eigenvalue weighted by molar-refractivity contribution is 0.531. The van der Waals surface area contributed by atoms with Crippen LogP contribution >= 0.6 is 15.9 Å². The molecule has 7 heteroatoms. The molecule has 21 heavy (non-hydrogen) atoms. The summed E-state index contributed by atoms with van der Waals surface area (Å²) in [4.78, 5) is 16.3. The molecular formula is C14H18BrN5O. The monoisotopic (exact) mass is 351 g/mol. The van der Waals surface area contributed by atoms with Crippen molar-refractivity contribution in [1.29, 1.82) is 0 Å². The van der Waals surface area contributed by atoms with Gasteiger partial charge in [0, 0.05) is 31.5 Å². The van der Waals surface area contributed by atoms with Crippen LogP contribution in [0.1, 0.15) is 19.8 Å². The molecule has 1 fully saturated rings. The Hall–Kier alpha value is -1.63. The zero-order chi connectivity index (χ0) is 14.8. The van der Waals surface area contributed by atoms with Gasteiger partial charge in [-0.15, -0.1) is 0 Å². The van der Waals surface area contributed by atoms with Crippen LogP contribution in [0.25, 0.3) is 0 Å². The summed E-state index contributed by atoms with van der Waals surface area (Å²) in [5, 5.41) is 7.58. The first kappa shape index (κ1) is 14.3. The summed E-state index contributed by atoms with van der Waals surface area (Å²) in [6, 6.07) is 0.163. The average molecular weight is 352 g/mol. The van der Waals surface area contributed by atoms with Gasteiger partial charge in [-0.05, 0) is 41.6 Å². The number of nitrogens with zero attached hydrogens (tertiary/aromatic N) is 4. The molecule has 1 atom stereocenters. The van der Waals surface area contributed by atoms with Crippen LogP contribution in [-0.2, 0) is 13.1 Å². The molecule has 2 aromatic rings. The smallest absolute Gasteiger partial charge is 0.283 e. The van der Waals surface area contributed by atoms with Crippen molar-refractivity contribution in [2.75, 3.05) is 5.32 Å². The van der Waals surface area contributed by atoms with E-state index >= 15 is 0 Å². The zero-order valence-electron chi connectivity index (χ0n) is 11.9. The number of halogens is 1. The van der Waals surface area contributed by atoms with E-state index in [4.69, 9.17) is 0 Å². The van der Waals surface area contributed by atoms with Gasteiger partial charge < -0.3 is 9.88 Å². The quantitative estimate of drug-likeness (QED) is 0.865. The molecule has 0 aromatic carbocycles. The van der Waals surface area contributed by atoms with E-state index in [1.165, 1.54) is 12.8 Å². The van der Waals surface area contributed by atoms with Crippen molar-refractivity contribution < 1.29 is 0 Å². The van der Waals surface area contributed by atoms with Crippen LogP contribution in [0.15, 0.2) is 34.2 Å². The molecule has 2 heterocycles. The molecule has 1 aliphatic carbocycles. The predicted molar refractivity (Wildman–Crippen MR) is 84.2 cm³/mol. The molecule has 0 bridgehead atoms. The van der Waals surface area contributed by atoms with Gasteiger partial charge in [0.15, 0.2) is 0 Å². The molecule has 2 aromatic heterocycles. The second-order valence-corrected chi connectivity index (χ2v) is 6.40. The molecule has 6 nitrogen and oxygen atoms in total. The van der Waals surface area contributed by atoms with E-state index in [0.29, 0.717) is 10.4 Å². The lowest BCUT2D eigenvalue weighted by Gasteiger charge is -2.17. The maximum Gasteiger partial charge on any atom is 0.283 e. The second-order valence-electron chi connectivity index (χ2n) is 5.61. The Morgan fingerprint density at radius 2 is 2.33 bits per heavy atom. The molecule has 1 aliphatic rings. The summed E-state index contributed by atoms with van der Waals surface area (Å²) in [5.41, 5.74) is 0.668. The second kappa shape index (κ2) is 6.01. The third-order valence-electron chi connectivity index (χ3n) is 3.56. The van der Waals surface area contributed by atoms with Crippen molar-refractivity contribution >= 4 is 21.6 Å². The van der Waals surface area contributed by atoms with E-state index < -0.39 is 0 Å². The molecule has 3 rings (SSSR count). The lowest BCUT2D eigenvalue weighted by atomic mass is 10.3. The summed E-state index contributed by atoms with van der Waals surface area (Å²) in [7, 11) is 0. The fourth-order valence-corrected chi connectivity index (χ4v) is 2.68. The third-order valence-corrected chi connectivity index (χ3v) is 4.33. The van der Waals surface area contributed by atoms with Crippen LogP contribution in [0.2, 0.25) is 0 Å². The molecule has 0 aliphatic heterocycles. The molecule has 1 unspecified atom stereocenters. The van der Waals surface area contributed by atoms with E-state index in [9.17, 15) is 4.79 Å². The van der Waals surface area contributed by atoms with Gasteiger partial charge >= 0.3 is 0 Å². The number of anilines is 1. The van der Waals surface area contributed by atoms with Gasteiger partial charge in [0.1, 0.15) is 4.47 Å². The molecule has 0 radical (unpaired) electrons.